The minimum atomic E-state index is -1.14. The van der Waals surface area contributed by atoms with Crippen LogP contribution in [-0.2, 0) is 9.47 Å². The Balaban J connectivity index is 0.000000280. The fourth-order valence-electron chi connectivity index (χ4n) is 4.92. The average Bonchev–Trinajstić information content (AvgIpc) is 3.34. The molecule has 2 aromatic heterocycles. The summed E-state index contributed by atoms with van der Waals surface area (Å²) in [5.41, 5.74) is -6.03. The van der Waals surface area contributed by atoms with E-state index < -0.39 is 81.8 Å². The van der Waals surface area contributed by atoms with Crippen molar-refractivity contribution in [2.24, 2.45) is 11.8 Å². The van der Waals surface area contributed by atoms with Crippen LogP contribution in [0.1, 0.15) is 53.0 Å². The van der Waals surface area contributed by atoms with Gasteiger partial charge in [-0.25, -0.2) is 9.59 Å². The first-order valence-electron chi connectivity index (χ1n) is 12.4. The van der Waals surface area contributed by atoms with Gasteiger partial charge in [-0.1, -0.05) is 39.5 Å². The quantitative estimate of drug-likeness (QED) is 0.314. The molecule has 0 aliphatic carbocycles. The number of rotatable bonds is 4. The minimum Gasteiger partial charge on any atom is -0.388 e. The largest absolute Gasteiger partial charge is 0.388 e. The van der Waals surface area contributed by atoms with Gasteiger partial charge in [-0.2, -0.15) is 8.78 Å². The van der Waals surface area contributed by atoms with E-state index >= 15 is 0 Å². The van der Waals surface area contributed by atoms with Crippen LogP contribution in [0, 0.1) is 92.2 Å². The number of hydrogen-bond acceptors (Lipinski definition) is 8. The Hall–Kier alpha value is -2.38. The third-order valence-corrected chi connectivity index (χ3v) is 7.68. The summed E-state index contributed by atoms with van der Waals surface area (Å²) in [6.07, 6.45) is 8.75. The van der Waals surface area contributed by atoms with Crippen LogP contribution in [0.3, 0.4) is 0 Å². The van der Waals surface area contributed by atoms with E-state index in [2.05, 4.69) is 11.8 Å². The number of nitrogens with one attached hydrogen (secondary N) is 2. The third kappa shape index (κ3) is 6.22. The zero-order chi connectivity index (χ0) is 30.2. The van der Waals surface area contributed by atoms with Gasteiger partial charge >= 0.3 is 11.4 Å². The fourth-order valence-corrected chi connectivity index (χ4v) is 4.92. The Morgan fingerprint density at radius 3 is 1.39 bits per heavy atom. The van der Waals surface area contributed by atoms with Gasteiger partial charge in [0.1, 0.15) is 23.4 Å². The second-order valence-corrected chi connectivity index (χ2v) is 9.64. The van der Waals surface area contributed by atoms with E-state index in [1.54, 1.807) is 27.7 Å². The monoisotopic (exact) mass is 791 g/mol. The molecule has 4 heterocycles. The molecule has 219 valence electrons. The topological polar surface area (TPSA) is 169 Å². The molecule has 2 fully saturated rings. The van der Waals surface area contributed by atoms with Crippen molar-refractivity contribution in [1.82, 2.24) is 19.1 Å². The van der Waals surface area contributed by atoms with Crippen molar-refractivity contribution in [1.29, 1.82) is 0 Å². The number of nitrogens with zero attached hydrogens (tertiary/aromatic N) is 2. The molecular formula is C26H30AcF2N4O8. The summed E-state index contributed by atoms with van der Waals surface area (Å²) < 4.78 is 39.5. The van der Waals surface area contributed by atoms with Gasteiger partial charge in [0.2, 0.25) is 11.6 Å². The smallest absolute Gasteiger partial charge is 0.330 e. The summed E-state index contributed by atoms with van der Waals surface area (Å²) in [6, 6.07) is 0. The van der Waals surface area contributed by atoms with E-state index in [1.807, 2.05) is 9.97 Å². The van der Waals surface area contributed by atoms with Crippen LogP contribution < -0.4 is 22.5 Å². The molecule has 2 saturated heterocycles. The molecule has 8 atom stereocenters. The number of aliphatic hydroxyl groups excluding tert-OH is 2. The molecule has 15 heteroatoms. The molecular weight excluding hydrogens is 761 g/mol. The van der Waals surface area contributed by atoms with E-state index in [1.165, 1.54) is 0 Å². The number of hydrogen-bond donors (Lipinski definition) is 4. The zero-order valence-electron chi connectivity index (χ0n) is 22.8. The van der Waals surface area contributed by atoms with Gasteiger partial charge < -0.3 is 19.7 Å². The first-order valence-corrected chi connectivity index (χ1v) is 12.4. The van der Waals surface area contributed by atoms with Crippen molar-refractivity contribution >= 4 is 0 Å². The van der Waals surface area contributed by atoms with Crippen molar-refractivity contribution in [2.45, 2.75) is 76.4 Å². The van der Waals surface area contributed by atoms with Crippen molar-refractivity contribution < 1.29 is 72.5 Å². The summed E-state index contributed by atoms with van der Waals surface area (Å²) in [7, 11) is 0. The molecule has 0 aromatic carbocycles. The molecule has 4 unspecified atom stereocenters. The molecule has 41 heavy (non-hydrogen) atoms. The zero-order valence-corrected chi connectivity index (χ0v) is 27.5. The van der Waals surface area contributed by atoms with Crippen molar-refractivity contribution in [3.8, 4) is 24.7 Å². The summed E-state index contributed by atoms with van der Waals surface area (Å²) in [5, 5.41) is 20.4. The van der Waals surface area contributed by atoms with Crippen LogP contribution in [-0.4, -0.2) is 52.7 Å². The molecule has 4 N–H and O–H groups in total. The molecule has 4 rings (SSSR count). The van der Waals surface area contributed by atoms with Crippen LogP contribution in [0.4, 0.5) is 8.78 Å². The number of terminal acetylenes is 2. The summed E-state index contributed by atoms with van der Waals surface area (Å²) in [4.78, 5) is 49.1. The molecule has 0 saturated carbocycles. The number of H-pyrrole nitrogens is 2. The van der Waals surface area contributed by atoms with E-state index in [-0.39, 0.29) is 44.1 Å². The van der Waals surface area contributed by atoms with Crippen LogP contribution in [0.25, 0.3) is 0 Å². The van der Waals surface area contributed by atoms with Crippen LogP contribution in [0.2, 0.25) is 0 Å². The Morgan fingerprint density at radius 2 is 1.15 bits per heavy atom. The van der Waals surface area contributed by atoms with E-state index in [0.717, 1.165) is 9.13 Å². The van der Waals surface area contributed by atoms with E-state index in [4.69, 9.17) is 22.3 Å². The summed E-state index contributed by atoms with van der Waals surface area (Å²) >= 11 is 0. The van der Waals surface area contributed by atoms with Gasteiger partial charge in [-0.15, -0.1) is 12.8 Å². The summed E-state index contributed by atoms with van der Waals surface area (Å²) in [5.74, 6) is 1.82. The van der Waals surface area contributed by atoms with Gasteiger partial charge in [0.15, 0.2) is 12.5 Å². The summed E-state index contributed by atoms with van der Waals surface area (Å²) in [6.45, 7) is 6.98. The number of aliphatic hydroxyl groups is 2. The number of ether oxygens (including phenoxy) is 2. The fraction of sp³-hybridized carbons (Fsp3) is 0.538. The Kier molecular flexibility index (Phi) is 11.3. The maximum Gasteiger partial charge on any atom is 0.330 e. The number of aromatic nitrogens is 4. The molecule has 2 aliphatic rings. The van der Waals surface area contributed by atoms with Gasteiger partial charge in [0, 0.05) is 55.9 Å². The standard InChI is InChI=1S/2C13H15FN2O4.Ac/c2*1-4-13(5-2)7(3)9(17)11(20-13)16-6-8(14)10(18)15-12(16)19;/h2*1,6-7,9,11,17H,5H2,2-3H3,(H,15,18,19);/t2*7?,9?,11-,13-;/m11./s1. The van der Waals surface area contributed by atoms with Crippen molar-refractivity contribution in [2.75, 3.05) is 0 Å². The predicted molar refractivity (Wildman–Crippen MR) is 137 cm³/mol. The number of halogens is 2. The van der Waals surface area contributed by atoms with Crippen LogP contribution >= 0.6 is 0 Å². The van der Waals surface area contributed by atoms with Crippen molar-refractivity contribution in [3.05, 3.63) is 65.7 Å². The van der Waals surface area contributed by atoms with Gasteiger partial charge in [0.25, 0.3) is 11.1 Å². The number of aromatic amines is 2. The van der Waals surface area contributed by atoms with Crippen LogP contribution in [0.15, 0.2) is 31.6 Å². The maximum atomic E-state index is 13.3. The first-order chi connectivity index (χ1) is 18.7. The minimum absolute atomic E-state index is 0. The van der Waals surface area contributed by atoms with Gasteiger partial charge in [-0.3, -0.25) is 28.7 Å². The SMILES string of the molecule is C#C[C@]1(CC)O[C@@H](n2cc(F)c(=O)[nH]c2=O)C(O)C1C.C#C[C@]1(CC)O[C@@H](n2cc(F)c(=O)[nH]c2=O)C(O)C1C.[Ac]. The molecule has 2 aromatic rings. The van der Waals surface area contributed by atoms with Crippen molar-refractivity contribution in [3.63, 3.8) is 0 Å². The normalized spacial score (nSPS) is 32.2. The molecule has 2 aliphatic heterocycles. The van der Waals surface area contributed by atoms with Gasteiger partial charge in [0.05, 0.1) is 12.4 Å². The Bertz CT molecular complexity index is 1470. The second-order valence-electron chi connectivity index (χ2n) is 9.64. The molecule has 1 radical (unpaired) electrons. The van der Waals surface area contributed by atoms with E-state index in [0.29, 0.717) is 25.2 Å². The Labute approximate surface area is 268 Å². The second kappa shape index (κ2) is 13.3. The molecule has 0 spiro atoms. The van der Waals surface area contributed by atoms with Gasteiger partial charge in [-0.05, 0) is 12.8 Å². The predicted octanol–water partition coefficient (Wildman–Crippen LogP) is -0.0330. The van der Waals surface area contributed by atoms with E-state index in [9.17, 15) is 38.2 Å². The molecule has 12 nitrogen and oxygen atoms in total. The van der Waals surface area contributed by atoms with Crippen LogP contribution in [0.5, 0.6) is 0 Å². The molecule has 0 bridgehead atoms. The molecule has 0 amide bonds. The Morgan fingerprint density at radius 1 is 0.829 bits per heavy atom. The first kappa shape index (κ1) is 34.8. The third-order valence-electron chi connectivity index (χ3n) is 7.68. The average molecular weight is 792 g/mol. The maximum absolute atomic E-state index is 13.3.